The Morgan fingerprint density at radius 2 is 2.00 bits per heavy atom. The number of anilines is 1. The molecule has 1 aliphatic heterocycles. The van der Waals surface area contributed by atoms with Gasteiger partial charge in [0.05, 0.1) is 6.61 Å². The number of amides is 1. The van der Waals surface area contributed by atoms with E-state index in [0.717, 1.165) is 31.6 Å². The molecule has 0 fully saturated rings. The van der Waals surface area contributed by atoms with Crippen molar-refractivity contribution < 1.29 is 19.4 Å². The third kappa shape index (κ3) is 6.09. The number of nitrogens with two attached hydrogens (primary N) is 1. The Morgan fingerprint density at radius 1 is 1.31 bits per heavy atom. The van der Waals surface area contributed by atoms with Gasteiger partial charge in [-0.25, -0.2) is 0 Å². The molecule has 1 atom stereocenters. The first-order valence-corrected chi connectivity index (χ1v) is 8.98. The summed E-state index contributed by atoms with van der Waals surface area (Å²) in [6, 6.07) is 6.00. The Morgan fingerprint density at radius 3 is 2.69 bits per heavy atom. The topological polar surface area (TPSA) is 105 Å². The Bertz CT molecular complexity index is 646. The van der Waals surface area contributed by atoms with Gasteiger partial charge in [-0.1, -0.05) is 6.07 Å². The number of hydrogen-bond donors (Lipinski definition) is 3. The predicted molar refractivity (Wildman–Crippen MR) is 100 cm³/mol. The van der Waals surface area contributed by atoms with Gasteiger partial charge in [-0.05, 0) is 56.5 Å². The van der Waals surface area contributed by atoms with Crippen molar-refractivity contribution in [3.8, 4) is 0 Å². The van der Waals surface area contributed by atoms with Gasteiger partial charge in [-0.15, -0.1) is 0 Å². The lowest BCUT2D eigenvalue weighted by molar-refractivity contribution is -0.137. The first-order valence-electron chi connectivity index (χ1n) is 8.98. The van der Waals surface area contributed by atoms with E-state index in [1.165, 1.54) is 11.1 Å². The van der Waals surface area contributed by atoms with E-state index in [1.54, 1.807) is 6.92 Å². The van der Waals surface area contributed by atoms with Gasteiger partial charge in [-0.3, -0.25) is 9.59 Å². The molecule has 0 aromatic heterocycles. The van der Waals surface area contributed by atoms with E-state index >= 15 is 0 Å². The van der Waals surface area contributed by atoms with Crippen LogP contribution in [0, 0.1) is 0 Å². The second-order valence-electron chi connectivity index (χ2n) is 7.21. The van der Waals surface area contributed by atoms with Gasteiger partial charge in [0, 0.05) is 31.8 Å². The number of fused-ring (bicyclic) bond motifs is 1. The molecule has 0 radical (unpaired) electrons. The van der Waals surface area contributed by atoms with Crippen molar-refractivity contribution in [1.29, 1.82) is 0 Å². The van der Waals surface area contributed by atoms with Crippen molar-refractivity contribution >= 4 is 17.6 Å². The number of carboxylic acids is 1. The predicted octanol–water partition coefficient (Wildman–Crippen LogP) is 1.25. The molecule has 0 aliphatic carbocycles. The van der Waals surface area contributed by atoms with Crippen LogP contribution in [0.5, 0.6) is 0 Å². The highest BCUT2D eigenvalue weighted by atomic mass is 16.5. The number of carbonyl (C=O) groups is 2. The fourth-order valence-electron chi connectivity index (χ4n) is 2.86. The Hall–Kier alpha value is -1.96. The first kappa shape index (κ1) is 20.4. The van der Waals surface area contributed by atoms with Crippen LogP contribution in [0.15, 0.2) is 18.2 Å². The average molecular weight is 363 g/mol. The van der Waals surface area contributed by atoms with E-state index in [4.69, 9.17) is 15.6 Å². The van der Waals surface area contributed by atoms with Crippen molar-refractivity contribution in [2.45, 2.75) is 38.1 Å². The molecule has 7 heteroatoms. The quantitative estimate of drug-likeness (QED) is 0.601. The smallest absolute Gasteiger partial charge is 0.303 e. The molecule has 26 heavy (non-hydrogen) atoms. The molecule has 1 aromatic rings. The van der Waals surface area contributed by atoms with E-state index in [-0.39, 0.29) is 25.5 Å². The molecule has 0 saturated heterocycles. The average Bonchev–Trinajstić information content (AvgIpc) is 2.76. The van der Waals surface area contributed by atoms with Crippen molar-refractivity contribution in [1.82, 2.24) is 4.90 Å². The first-order chi connectivity index (χ1) is 12.3. The maximum absolute atomic E-state index is 12.5. The molecule has 1 aliphatic rings. The summed E-state index contributed by atoms with van der Waals surface area (Å²) < 4.78 is 5.37. The number of benzene rings is 1. The lowest BCUT2D eigenvalue weighted by atomic mass is 10.0. The highest BCUT2D eigenvalue weighted by Crippen LogP contribution is 2.21. The van der Waals surface area contributed by atoms with Crippen LogP contribution in [0.4, 0.5) is 5.69 Å². The fourth-order valence-corrected chi connectivity index (χ4v) is 2.86. The monoisotopic (exact) mass is 363 g/mol. The summed E-state index contributed by atoms with van der Waals surface area (Å²) in [4.78, 5) is 25.2. The van der Waals surface area contributed by atoms with E-state index in [9.17, 15) is 9.59 Å². The molecular formula is C19H29N3O4. The van der Waals surface area contributed by atoms with E-state index in [0.29, 0.717) is 6.42 Å². The van der Waals surface area contributed by atoms with Crippen molar-refractivity contribution in [2.24, 2.45) is 5.73 Å². The normalized spacial score (nSPS) is 17.0. The number of carboxylic acid groups (broad SMARTS) is 1. The third-order valence-electron chi connectivity index (χ3n) is 4.59. The summed E-state index contributed by atoms with van der Waals surface area (Å²) in [7, 11) is 2.12. The molecule has 0 saturated carbocycles. The van der Waals surface area contributed by atoms with Crippen LogP contribution < -0.4 is 11.1 Å². The van der Waals surface area contributed by atoms with Crippen molar-refractivity contribution in [2.75, 3.05) is 38.7 Å². The molecule has 0 spiro atoms. The summed E-state index contributed by atoms with van der Waals surface area (Å²) >= 11 is 0. The molecule has 1 heterocycles. The molecule has 144 valence electrons. The van der Waals surface area contributed by atoms with E-state index in [1.807, 2.05) is 12.1 Å². The van der Waals surface area contributed by atoms with Gasteiger partial charge in [-0.2, -0.15) is 0 Å². The minimum atomic E-state index is -1.18. The highest BCUT2D eigenvalue weighted by molar-refractivity contribution is 5.97. The van der Waals surface area contributed by atoms with Crippen LogP contribution >= 0.6 is 0 Å². The summed E-state index contributed by atoms with van der Waals surface area (Å²) in [6.07, 6.45) is 2.41. The standard InChI is InChI=1S/C19H29N3O4/c1-19(20,13-26-11-3-4-17(23)24)18(25)21-16-6-5-14-7-9-22(2)10-8-15(14)12-16/h5-6,12H,3-4,7-11,13,20H2,1-2H3,(H,21,25)(H,23,24). The van der Waals surface area contributed by atoms with E-state index < -0.39 is 11.5 Å². The summed E-state index contributed by atoms with van der Waals surface area (Å²) in [5, 5.41) is 11.5. The fraction of sp³-hybridized carbons (Fsp3) is 0.579. The second kappa shape index (κ2) is 9.12. The highest BCUT2D eigenvalue weighted by Gasteiger charge is 2.29. The summed E-state index contributed by atoms with van der Waals surface area (Å²) in [5.74, 6) is -1.18. The Kier molecular flexibility index (Phi) is 7.14. The van der Waals surface area contributed by atoms with E-state index in [2.05, 4.69) is 23.3 Å². The van der Waals surface area contributed by atoms with Gasteiger partial charge >= 0.3 is 5.97 Å². The SMILES string of the molecule is CN1CCc2ccc(NC(=O)C(C)(N)COCCCC(=O)O)cc2CC1. The van der Waals surface area contributed by atoms with Crippen LogP contribution in [0.3, 0.4) is 0 Å². The number of carbonyl (C=O) groups excluding carboxylic acids is 1. The zero-order chi connectivity index (χ0) is 19.2. The lowest BCUT2D eigenvalue weighted by Crippen LogP contribution is -2.52. The van der Waals surface area contributed by atoms with Gasteiger partial charge in [0.2, 0.25) is 5.91 Å². The Labute approximate surface area is 154 Å². The number of ether oxygens (including phenoxy) is 1. The van der Waals surface area contributed by atoms with Crippen LogP contribution in [-0.2, 0) is 27.2 Å². The van der Waals surface area contributed by atoms with Crippen molar-refractivity contribution in [3.05, 3.63) is 29.3 Å². The zero-order valence-electron chi connectivity index (χ0n) is 15.6. The molecule has 2 rings (SSSR count). The molecule has 1 aromatic carbocycles. The largest absolute Gasteiger partial charge is 0.481 e. The number of likely N-dealkylation sites (N-methyl/N-ethyl adjacent to an activating group) is 1. The Balaban J connectivity index is 1.89. The van der Waals surface area contributed by atoms with Gasteiger partial charge < -0.3 is 25.8 Å². The maximum atomic E-state index is 12.5. The molecule has 1 unspecified atom stereocenters. The molecular weight excluding hydrogens is 334 g/mol. The van der Waals surface area contributed by atoms with Gasteiger partial charge in [0.25, 0.3) is 0 Å². The number of nitrogens with zero attached hydrogens (tertiary/aromatic N) is 1. The molecule has 7 nitrogen and oxygen atoms in total. The van der Waals surface area contributed by atoms with Gasteiger partial charge in [0.15, 0.2) is 0 Å². The maximum Gasteiger partial charge on any atom is 0.303 e. The molecule has 4 N–H and O–H groups in total. The number of nitrogens with one attached hydrogen (secondary N) is 1. The zero-order valence-corrected chi connectivity index (χ0v) is 15.6. The number of hydrogen-bond acceptors (Lipinski definition) is 5. The van der Waals surface area contributed by atoms with Crippen LogP contribution in [0.1, 0.15) is 30.9 Å². The molecule has 0 bridgehead atoms. The second-order valence-corrected chi connectivity index (χ2v) is 7.21. The third-order valence-corrected chi connectivity index (χ3v) is 4.59. The number of rotatable bonds is 8. The number of aliphatic carboxylic acids is 1. The summed E-state index contributed by atoms with van der Waals surface area (Å²) in [6.45, 7) is 3.95. The lowest BCUT2D eigenvalue weighted by Gasteiger charge is -2.23. The van der Waals surface area contributed by atoms with Crippen molar-refractivity contribution in [3.63, 3.8) is 0 Å². The van der Waals surface area contributed by atoms with Gasteiger partial charge in [0.1, 0.15) is 5.54 Å². The summed E-state index contributed by atoms with van der Waals surface area (Å²) in [5.41, 5.74) is 8.21. The molecule has 1 amide bonds. The minimum absolute atomic E-state index is 0.0359. The van der Waals surface area contributed by atoms with Crippen LogP contribution in [0.2, 0.25) is 0 Å². The minimum Gasteiger partial charge on any atom is -0.481 e. The van der Waals surface area contributed by atoms with Crippen LogP contribution in [0.25, 0.3) is 0 Å². The van der Waals surface area contributed by atoms with Crippen LogP contribution in [-0.4, -0.2) is 60.8 Å².